The van der Waals surface area contributed by atoms with Crippen molar-refractivity contribution in [2.75, 3.05) is 0 Å². The summed E-state index contributed by atoms with van der Waals surface area (Å²) >= 11 is 1.72. The molecule has 4 heteroatoms. The number of aromatic nitrogens is 2. The molecule has 0 amide bonds. The maximum atomic E-state index is 5.92. The van der Waals surface area contributed by atoms with E-state index >= 15 is 0 Å². The Hall–Kier alpha value is -1.00. The minimum atomic E-state index is 0.370. The molecule has 0 saturated heterocycles. The third-order valence-electron chi connectivity index (χ3n) is 3.01. The summed E-state index contributed by atoms with van der Waals surface area (Å²) in [7, 11) is 0. The number of pyridine rings is 1. The van der Waals surface area contributed by atoms with Gasteiger partial charge in [0.05, 0.1) is 5.01 Å². The van der Waals surface area contributed by atoms with E-state index in [-0.39, 0.29) is 0 Å². The second-order valence-corrected chi connectivity index (χ2v) is 5.16. The number of thiazole rings is 1. The molecule has 2 heterocycles. The predicted molar refractivity (Wildman–Crippen MR) is 62.0 cm³/mol. The first-order valence-electron chi connectivity index (χ1n) is 5.30. The molecule has 2 atom stereocenters. The number of hydrogen-bond donors (Lipinski definition) is 1. The molecule has 1 aliphatic carbocycles. The van der Waals surface area contributed by atoms with Crippen molar-refractivity contribution in [2.45, 2.75) is 31.2 Å². The van der Waals surface area contributed by atoms with Crippen molar-refractivity contribution in [3.8, 4) is 0 Å². The Morgan fingerprint density at radius 2 is 2.33 bits per heavy atom. The molecule has 1 fully saturated rings. The highest BCUT2D eigenvalue weighted by Crippen LogP contribution is 2.36. The van der Waals surface area contributed by atoms with Crippen LogP contribution in [0.15, 0.2) is 18.3 Å². The van der Waals surface area contributed by atoms with E-state index in [0.717, 1.165) is 23.2 Å². The zero-order chi connectivity index (χ0) is 10.3. The zero-order valence-corrected chi connectivity index (χ0v) is 9.20. The molecule has 1 saturated carbocycles. The number of hydrogen-bond acceptors (Lipinski definition) is 4. The Balaban J connectivity index is 1.98. The lowest BCUT2D eigenvalue weighted by atomic mass is 10.1. The molecule has 0 spiro atoms. The summed E-state index contributed by atoms with van der Waals surface area (Å²) in [4.78, 5) is 10.00. The smallest absolute Gasteiger partial charge is 0.143 e. The van der Waals surface area contributed by atoms with Gasteiger partial charge in [-0.3, -0.25) is 0 Å². The van der Waals surface area contributed by atoms with Crippen molar-refractivity contribution >= 4 is 21.7 Å². The molecular formula is C11H13N3S. The van der Waals surface area contributed by atoms with Crippen LogP contribution in [-0.2, 0) is 0 Å². The minimum Gasteiger partial charge on any atom is -0.328 e. The SMILES string of the molecule is N[C@H]1CC[C@@H](c2nc3cccnc3s2)C1. The van der Waals surface area contributed by atoms with Crippen molar-refractivity contribution in [1.82, 2.24) is 9.97 Å². The van der Waals surface area contributed by atoms with Gasteiger partial charge < -0.3 is 5.73 Å². The highest BCUT2D eigenvalue weighted by atomic mass is 32.1. The van der Waals surface area contributed by atoms with E-state index in [4.69, 9.17) is 5.73 Å². The monoisotopic (exact) mass is 219 g/mol. The summed E-state index contributed by atoms with van der Waals surface area (Å²) in [5.74, 6) is 0.569. The first kappa shape index (κ1) is 9.24. The van der Waals surface area contributed by atoms with Crippen LogP contribution in [0.5, 0.6) is 0 Å². The molecular weight excluding hydrogens is 206 g/mol. The molecule has 0 aromatic carbocycles. The van der Waals surface area contributed by atoms with Crippen LogP contribution in [0.1, 0.15) is 30.2 Å². The van der Waals surface area contributed by atoms with Gasteiger partial charge in [-0.1, -0.05) is 11.3 Å². The van der Waals surface area contributed by atoms with Crippen LogP contribution >= 0.6 is 11.3 Å². The van der Waals surface area contributed by atoms with Crippen molar-refractivity contribution in [1.29, 1.82) is 0 Å². The third-order valence-corrected chi connectivity index (χ3v) is 4.15. The van der Waals surface area contributed by atoms with Gasteiger partial charge in [-0.2, -0.15) is 0 Å². The van der Waals surface area contributed by atoms with Crippen LogP contribution in [0.3, 0.4) is 0 Å². The van der Waals surface area contributed by atoms with Crippen molar-refractivity contribution in [2.24, 2.45) is 5.73 Å². The van der Waals surface area contributed by atoms with E-state index in [2.05, 4.69) is 9.97 Å². The summed E-state index contributed by atoms with van der Waals surface area (Å²) in [6.07, 6.45) is 5.22. The molecule has 15 heavy (non-hydrogen) atoms. The van der Waals surface area contributed by atoms with Gasteiger partial charge in [-0.05, 0) is 31.4 Å². The van der Waals surface area contributed by atoms with Crippen molar-refractivity contribution < 1.29 is 0 Å². The number of nitrogens with zero attached hydrogens (tertiary/aromatic N) is 2. The van der Waals surface area contributed by atoms with Gasteiger partial charge in [-0.15, -0.1) is 0 Å². The van der Waals surface area contributed by atoms with E-state index in [1.165, 1.54) is 11.4 Å². The highest BCUT2D eigenvalue weighted by Gasteiger charge is 2.25. The largest absolute Gasteiger partial charge is 0.328 e. The molecule has 0 aliphatic heterocycles. The van der Waals surface area contributed by atoms with Crippen molar-refractivity contribution in [3.05, 3.63) is 23.3 Å². The Labute approximate surface area is 92.4 Å². The van der Waals surface area contributed by atoms with Gasteiger partial charge >= 0.3 is 0 Å². The van der Waals surface area contributed by atoms with Gasteiger partial charge in [0.2, 0.25) is 0 Å². The molecule has 78 valence electrons. The quantitative estimate of drug-likeness (QED) is 0.800. The fourth-order valence-electron chi connectivity index (χ4n) is 2.20. The average molecular weight is 219 g/mol. The van der Waals surface area contributed by atoms with Crippen LogP contribution in [-0.4, -0.2) is 16.0 Å². The summed E-state index contributed by atoms with van der Waals surface area (Å²) in [5, 5.41) is 1.22. The molecule has 2 N–H and O–H groups in total. The molecule has 3 rings (SSSR count). The Morgan fingerprint density at radius 1 is 1.40 bits per heavy atom. The standard InChI is InChI=1S/C11H13N3S/c12-8-4-3-7(6-8)10-14-9-2-1-5-13-11(9)15-10/h1-2,5,7-8H,3-4,6,12H2/t7-,8+/m1/s1. The van der Waals surface area contributed by atoms with E-state index in [0.29, 0.717) is 12.0 Å². The van der Waals surface area contributed by atoms with Crippen LogP contribution < -0.4 is 5.73 Å². The van der Waals surface area contributed by atoms with Crippen LogP contribution in [0, 0.1) is 0 Å². The minimum absolute atomic E-state index is 0.370. The topological polar surface area (TPSA) is 51.8 Å². The normalized spacial score (nSPS) is 26.2. The summed E-state index contributed by atoms with van der Waals surface area (Å²) in [6, 6.07) is 4.33. The fourth-order valence-corrected chi connectivity index (χ4v) is 3.26. The third kappa shape index (κ3) is 1.64. The molecule has 0 radical (unpaired) electrons. The van der Waals surface area contributed by atoms with E-state index in [1.807, 2.05) is 18.3 Å². The number of fused-ring (bicyclic) bond motifs is 1. The number of nitrogens with two attached hydrogens (primary N) is 1. The fraction of sp³-hybridized carbons (Fsp3) is 0.455. The lowest BCUT2D eigenvalue weighted by Gasteiger charge is -2.03. The van der Waals surface area contributed by atoms with Crippen LogP contribution in [0.4, 0.5) is 0 Å². The zero-order valence-electron chi connectivity index (χ0n) is 8.39. The van der Waals surface area contributed by atoms with Gasteiger partial charge in [0.25, 0.3) is 0 Å². The Morgan fingerprint density at radius 3 is 3.07 bits per heavy atom. The van der Waals surface area contributed by atoms with Gasteiger partial charge in [0.15, 0.2) is 0 Å². The van der Waals surface area contributed by atoms with Gasteiger partial charge in [-0.25, -0.2) is 9.97 Å². The van der Waals surface area contributed by atoms with E-state index < -0.39 is 0 Å². The van der Waals surface area contributed by atoms with Crippen molar-refractivity contribution in [3.63, 3.8) is 0 Å². The van der Waals surface area contributed by atoms with Gasteiger partial charge in [0.1, 0.15) is 10.3 Å². The van der Waals surface area contributed by atoms with Gasteiger partial charge in [0, 0.05) is 18.2 Å². The summed E-state index contributed by atoms with van der Waals surface area (Å²) in [6.45, 7) is 0. The molecule has 0 bridgehead atoms. The predicted octanol–water partition coefficient (Wildman–Crippen LogP) is 2.29. The molecule has 0 unspecified atom stereocenters. The first-order valence-corrected chi connectivity index (χ1v) is 6.11. The molecule has 3 nitrogen and oxygen atoms in total. The Kier molecular flexibility index (Phi) is 2.18. The van der Waals surface area contributed by atoms with Crippen LogP contribution in [0.25, 0.3) is 10.3 Å². The average Bonchev–Trinajstić information content (AvgIpc) is 2.82. The second kappa shape index (κ2) is 3.54. The van der Waals surface area contributed by atoms with E-state index in [9.17, 15) is 0 Å². The summed E-state index contributed by atoms with van der Waals surface area (Å²) in [5.41, 5.74) is 6.94. The Bertz CT molecular complexity index is 446. The first-order chi connectivity index (χ1) is 7.33. The molecule has 2 aromatic heterocycles. The number of rotatable bonds is 1. The highest BCUT2D eigenvalue weighted by molar-refractivity contribution is 7.18. The maximum Gasteiger partial charge on any atom is 0.143 e. The van der Waals surface area contributed by atoms with Crippen LogP contribution in [0.2, 0.25) is 0 Å². The second-order valence-electron chi connectivity index (χ2n) is 4.15. The maximum absolute atomic E-state index is 5.92. The lowest BCUT2D eigenvalue weighted by Crippen LogP contribution is -2.14. The summed E-state index contributed by atoms with van der Waals surface area (Å²) < 4.78 is 0. The van der Waals surface area contributed by atoms with E-state index in [1.54, 1.807) is 11.3 Å². The molecule has 1 aliphatic rings. The molecule has 2 aromatic rings. The lowest BCUT2D eigenvalue weighted by molar-refractivity contribution is 0.673.